The number of piperidine rings is 2. The molecule has 0 bridgehead atoms. The van der Waals surface area contributed by atoms with Crippen molar-refractivity contribution in [2.45, 2.75) is 57.3 Å². The lowest BCUT2D eigenvalue weighted by molar-refractivity contribution is -0.202. The lowest BCUT2D eigenvalue weighted by Crippen LogP contribution is -2.49. The van der Waals surface area contributed by atoms with Crippen LogP contribution in [0.25, 0.3) is 0 Å². The van der Waals surface area contributed by atoms with E-state index in [0.29, 0.717) is 17.5 Å². The Kier molecular flexibility index (Phi) is 8.39. The normalized spacial score (nSPS) is 22.2. The maximum Gasteiger partial charge on any atom is 0.396 e. The molecule has 2 aliphatic heterocycles. The number of nitrogens with one attached hydrogen (secondary N) is 1. The van der Waals surface area contributed by atoms with Crippen molar-refractivity contribution in [1.29, 1.82) is 0 Å². The van der Waals surface area contributed by atoms with Crippen LogP contribution in [-0.2, 0) is 11.3 Å². The number of thiazole rings is 1. The van der Waals surface area contributed by atoms with Crippen molar-refractivity contribution < 1.29 is 31.5 Å². The van der Waals surface area contributed by atoms with Gasteiger partial charge in [0.25, 0.3) is 5.91 Å². The minimum Gasteiger partial charge on any atom is -0.380 e. The first kappa shape index (κ1) is 28.2. The van der Waals surface area contributed by atoms with Gasteiger partial charge < -0.3 is 15.0 Å². The van der Waals surface area contributed by atoms with Crippen LogP contribution in [0.15, 0.2) is 18.5 Å². The predicted octanol–water partition coefficient (Wildman–Crippen LogP) is 4.79. The number of hydrogen-bond acceptors (Lipinski definition) is 7. The maximum atomic E-state index is 13.8. The number of alkyl halides is 3. The topological polar surface area (TPSA) is 70.6 Å². The number of nitrogens with zero attached hydrogens (tertiary/aromatic N) is 4. The number of halogens is 5. The Balaban J connectivity index is 1.05. The van der Waals surface area contributed by atoms with Gasteiger partial charge in [0.05, 0.1) is 43.3 Å². The van der Waals surface area contributed by atoms with E-state index in [1.54, 1.807) is 0 Å². The van der Waals surface area contributed by atoms with Crippen LogP contribution in [0.5, 0.6) is 0 Å². The molecule has 4 heterocycles. The highest BCUT2D eigenvalue weighted by atomic mass is 32.1. The van der Waals surface area contributed by atoms with Crippen molar-refractivity contribution in [3.05, 3.63) is 40.7 Å². The van der Waals surface area contributed by atoms with Gasteiger partial charge in [-0.25, -0.2) is 13.8 Å². The lowest BCUT2D eigenvalue weighted by atomic mass is 9.94. The van der Waals surface area contributed by atoms with Gasteiger partial charge in [0, 0.05) is 31.7 Å². The van der Waals surface area contributed by atoms with Crippen LogP contribution in [-0.4, -0.2) is 72.4 Å². The van der Waals surface area contributed by atoms with Crippen molar-refractivity contribution in [3.63, 3.8) is 0 Å². The predicted molar refractivity (Wildman–Crippen MR) is 136 cm³/mol. The second-order valence-corrected chi connectivity index (χ2v) is 11.8. The summed E-state index contributed by atoms with van der Waals surface area (Å²) in [6.07, 6.45) is 2.41. The van der Waals surface area contributed by atoms with E-state index in [2.05, 4.69) is 25.1 Å². The number of anilines is 1. The molecule has 1 unspecified atom stereocenters. The van der Waals surface area contributed by atoms with Gasteiger partial charge in [-0.1, -0.05) is 11.3 Å². The summed E-state index contributed by atoms with van der Waals surface area (Å²) in [5.41, 5.74) is -1.65. The van der Waals surface area contributed by atoms with E-state index in [1.807, 2.05) is 0 Å². The Morgan fingerprint density at radius 1 is 1.13 bits per heavy atom. The third-order valence-electron chi connectivity index (χ3n) is 8.01. The summed E-state index contributed by atoms with van der Waals surface area (Å²) < 4.78 is 71.8. The highest BCUT2D eigenvalue weighted by Gasteiger charge is 2.63. The Morgan fingerprint density at radius 2 is 1.90 bits per heavy atom. The number of ether oxygens (including phenoxy) is 1. The monoisotopic (exact) mass is 573 g/mol. The van der Waals surface area contributed by atoms with E-state index in [-0.39, 0.29) is 37.6 Å². The molecule has 5 rings (SSSR count). The van der Waals surface area contributed by atoms with Crippen LogP contribution in [0.1, 0.15) is 53.9 Å². The van der Waals surface area contributed by atoms with Crippen LogP contribution >= 0.6 is 11.3 Å². The summed E-state index contributed by atoms with van der Waals surface area (Å²) in [6, 6.07) is 1.12. The van der Waals surface area contributed by atoms with Gasteiger partial charge in [-0.05, 0) is 51.0 Å². The number of carbonyl (C=O) groups is 1. The average Bonchev–Trinajstić information content (AvgIpc) is 3.55. The van der Waals surface area contributed by atoms with Gasteiger partial charge in [0.2, 0.25) is 0 Å². The molecule has 0 aromatic carbocycles. The van der Waals surface area contributed by atoms with Gasteiger partial charge in [0.1, 0.15) is 16.5 Å². The van der Waals surface area contributed by atoms with Crippen LogP contribution in [0, 0.1) is 23.0 Å². The molecule has 2 saturated heterocycles. The van der Waals surface area contributed by atoms with Crippen molar-refractivity contribution in [2.75, 3.05) is 44.3 Å². The molecule has 13 heteroatoms. The highest BCUT2D eigenvalue weighted by molar-refractivity contribution is 7.17. The van der Waals surface area contributed by atoms with Crippen molar-refractivity contribution in [3.8, 4) is 0 Å². The molecular weight excluding hydrogens is 541 g/mol. The molecule has 1 atom stereocenters. The quantitative estimate of drug-likeness (QED) is 0.436. The average molecular weight is 574 g/mol. The largest absolute Gasteiger partial charge is 0.396 e. The number of aromatic nitrogens is 2. The van der Waals surface area contributed by atoms with Gasteiger partial charge in [0.15, 0.2) is 5.13 Å². The summed E-state index contributed by atoms with van der Waals surface area (Å²) in [4.78, 5) is 25.6. The molecule has 1 N–H and O–H groups in total. The third kappa shape index (κ3) is 6.68. The Hall–Kier alpha value is -2.38. The van der Waals surface area contributed by atoms with E-state index in [0.717, 1.165) is 69.3 Å². The molecular formula is C26H32F5N5O2S. The van der Waals surface area contributed by atoms with Gasteiger partial charge in [-0.2, -0.15) is 13.2 Å². The summed E-state index contributed by atoms with van der Waals surface area (Å²) in [5, 5.41) is 3.34. The molecule has 3 aliphatic rings. The Bertz CT molecular complexity index is 1150. The number of carbonyl (C=O) groups excluding carboxylic acids is 1. The molecule has 0 radical (unpaired) electrons. The SMILES string of the molecule is O=C(NCc1ncc(F)cc1F)c1cnc(N2CCC(N3CCCC(COCC4(C(F)(F)F)CC4)C3)CC2)s1. The van der Waals surface area contributed by atoms with Crippen molar-refractivity contribution >= 4 is 22.4 Å². The van der Waals surface area contributed by atoms with Gasteiger partial charge >= 0.3 is 6.18 Å². The first-order valence-corrected chi connectivity index (χ1v) is 14.1. The van der Waals surface area contributed by atoms with Crippen molar-refractivity contribution in [2.24, 2.45) is 11.3 Å². The zero-order chi connectivity index (χ0) is 27.6. The molecule has 3 fully saturated rings. The van der Waals surface area contributed by atoms with E-state index >= 15 is 0 Å². The summed E-state index contributed by atoms with van der Waals surface area (Å²) >= 11 is 1.26. The zero-order valence-electron chi connectivity index (χ0n) is 21.5. The minimum absolute atomic E-state index is 0.0452. The van der Waals surface area contributed by atoms with Gasteiger partial charge in [-0.15, -0.1) is 0 Å². The molecule has 1 aliphatic carbocycles. The molecule has 1 amide bonds. The first-order chi connectivity index (χ1) is 18.6. The van der Waals surface area contributed by atoms with Crippen LogP contribution in [0.2, 0.25) is 0 Å². The second kappa shape index (κ2) is 11.6. The molecule has 39 heavy (non-hydrogen) atoms. The molecule has 2 aromatic rings. The number of rotatable bonds is 9. The molecule has 214 valence electrons. The van der Waals surface area contributed by atoms with Gasteiger partial charge in [-0.3, -0.25) is 14.7 Å². The molecule has 0 spiro atoms. The standard InChI is InChI=1S/C26H32F5N5O2S/c27-18-10-20(28)21(32-11-18)12-33-23(37)22-13-34-24(39-22)35-8-3-19(4-9-35)36-7-1-2-17(14-36)15-38-16-25(5-6-25)26(29,30)31/h10-11,13,17,19H,1-9,12,14-16H2,(H,33,37). The number of amides is 1. The Morgan fingerprint density at radius 3 is 2.59 bits per heavy atom. The molecule has 7 nitrogen and oxygen atoms in total. The fourth-order valence-electron chi connectivity index (χ4n) is 5.41. The summed E-state index contributed by atoms with van der Waals surface area (Å²) in [7, 11) is 0. The van der Waals surface area contributed by atoms with E-state index < -0.39 is 29.1 Å². The zero-order valence-corrected chi connectivity index (χ0v) is 22.3. The van der Waals surface area contributed by atoms with E-state index in [1.165, 1.54) is 17.5 Å². The summed E-state index contributed by atoms with van der Waals surface area (Å²) in [5.74, 6) is -1.74. The number of hydrogen-bond donors (Lipinski definition) is 1. The fourth-order valence-corrected chi connectivity index (χ4v) is 6.29. The fraction of sp³-hybridized carbons (Fsp3) is 0.654. The Labute approximate surface area is 227 Å². The number of pyridine rings is 1. The van der Waals surface area contributed by atoms with Crippen LogP contribution in [0.3, 0.4) is 0 Å². The number of likely N-dealkylation sites (tertiary alicyclic amines) is 1. The maximum absolute atomic E-state index is 13.8. The molecule has 2 aromatic heterocycles. The lowest BCUT2D eigenvalue weighted by Gasteiger charge is -2.42. The third-order valence-corrected chi connectivity index (χ3v) is 9.06. The minimum atomic E-state index is -4.18. The highest BCUT2D eigenvalue weighted by Crippen LogP contribution is 2.57. The van der Waals surface area contributed by atoms with Crippen LogP contribution < -0.4 is 10.2 Å². The first-order valence-electron chi connectivity index (χ1n) is 13.3. The van der Waals surface area contributed by atoms with Crippen LogP contribution in [0.4, 0.5) is 27.1 Å². The summed E-state index contributed by atoms with van der Waals surface area (Å²) in [6.45, 7) is 3.40. The van der Waals surface area contributed by atoms with E-state index in [9.17, 15) is 26.7 Å². The second-order valence-electron chi connectivity index (χ2n) is 10.8. The van der Waals surface area contributed by atoms with E-state index in [4.69, 9.17) is 4.74 Å². The molecule has 1 saturated carbocycles. The smallest absolute Gasteiger partial charge is 0.380 e. The van der Waals surface area contributed by atoms with Crippen molar-refractivity contribution in [1.82, 2.24) is 20.2 Å².